The third kappa shape index (κ3) is 4.68. The zero-order chi connectivity index (χ0) is 25.1. The van der Waals surface area contributed by atoms with Gasteiger partial charge in [0.25, 0.3) is 0 Å². The van der Waals surface area contributed by atoms with Gasteiger partial charge in [-0.3, -0.25) is 9.59 Å². The summed E-state index contributed by atoms with van der Waals surface area (Å²) in [5, 5.41) is 22.5. The smallest absolute Gasteiger partial charge is 0.249 e. The second kappa shape index (κ2) is 10.2. The second-order valence-electron chi connectivity index (χ2n) is 8.96. The van der Waals surface area contributed by atoms with Crippen LogP contribution in [0, 0.1) is 0 Å². The van der Waals surface area contributed by atoms with Crippen molar-refractivity contribution in [1.82, 2.24) is 5.32 Å². The molecular formula is C30H28N2O4. The van der Waals surface area contributed by atoms with E-state index in [1.807, 2.05) is 0 Å². The molecule has 36 heavy (non-hydrogen) atoms. The van der Waals surface area contributed by atoms with Gasteiger partial charge in [-0.05, 0) is 62.9 Å². The molecule has 5 aromatic carbocycles. The molecule has 0 unspecified atom stereocenters. The molecule has 5 rings (SSSR count). The number of amides is 2. The van der Waals surface area contributed by atoms with Gasteiger partial charge in [-0.25, -0.2) is 0 Å². The lowest BCUT2D eigenvalue weighted by atomic mass is 9.90. The lowest BCUT2D eigenvalue weighted by Crippen LogP contribution is -2.46. The minimum absolute atomic E-state index is 0.255. The summed E-state index contributed by atoms with van der Waals surface area (Å²) in [6.07, 6.45) is 1.62. The standard InChI is InChI=1S/C30H28N2O4/c1-36-24-9-4-8-23(17-24)31-30(35)26(18-33)32-27(34)10-3-5-19-11-12-22-14-13-20-6-2-7-21-15-16-25(19)29(22)28(20)21/h2,4,6-9,11-17,26,33H,3,5,10,18H2,1H3,(H,31,35)(H,32,34)/t26-/m0/s1. The zero-order valence-electron chi connectivity index (χ0n) is 20.1. The summed E-state index contributed by atoms with van der Waals surface area (Å²) in [5.74, 6) is -0.150. The molecule has 5 aromatic rings. The summed E-state index contributed by atoms with van der Waals surface area (Å²) >= 11 is 0. The first-order valence-corrected chi connectivity index (χ1v) is 12.1. The molecule has 2 amide bonds. The van der Waals surface area contributed by atoms with Crippen LogP contribution >= 0.6 is 0 Å². The van der Waals surface area contributed by atoms with Crippen LogP contribution in [0.3, 0.4) is 0 Å². The SMILES string of the molecule is COc1cccc(NC(=O)[C@H](CO)NC(=O)CCCc2ccc3ccc4cccc5ccc2c3c45)c1. The van der Waals surface area contributed by atoms with E-state index in [1.165, 1.54) is 37.9 Å². The molecular weight excluding hydrogens is 452 g/mol. The Balaban J connectivity index is 1.23. The minimum Gasteiger partial charge on any atom is -0.497 e. The molecule has 0 aliphatic rings. The van der Waals surface area contributed by atoms with E-state index in [9.17, 15) is 14.7 Å². The zero-order valence-corrected chi connectivity index (χ0v) is 20.1. The summed E-state index contributed by atoms with van der Waals surface area (Å²) in [7, 11) is 1.54. The van der Waals surface area contributed by atoms with Gasteiger partial charge in [0.15, 0.2) is 0 Å². The van der Waals surface area contributed by atoms with Gasteiger partial charge < -0.3 is 20.5 Å². The Hall–Kier alpha value is -4.16. The van der Waals surface area contributed by atoms with E-state index >= 15 is 0 Å². The summed E-state index contributed by atoms with van der Waals surface area (Å²) in [6, 6.07) is 25.2. The van der Waals surface area contributed by atoms with Crippen LogP contribution in [-0.2, 0) is 16.0 Å². The third-order valence-corrected chi connectivity index (χ3v) is 6.64. The number of carbonyl (C=O) groups excluding carboxylic acids is 2. The maximum Gasteiger partial charge on any atom is 0.249 e. The summed E-state index contributed by atoms with van der Waals surface area (Å²) in [4.78, 5) is 25.1. The Morgan fingerprint density at radius 3 is 2.33 bits per heavy atom. The van der Waals surface area contributed by atoms with Crippen LogP contribution in [0.2, 0.25) is 0 Å². The lowest BCUT2D eigenvalue weighted by molar-refractivity contribution is -0.127. The fourth-order valence-electron chi connectivity index (χ4n) is 4.84. The molecule has 0 saturated heterocycles. The van der Waals surface area contributed by atoms with E-state index in [0.717, 1.165) is 6.42 Å². The second-order valence-corrected chi connectivity index (χ2v) is 8.96. The number of methoxy groups -OCH3 is 1. The van der Waals surface area contributed by atoms with Crippen LogP contribution in [-0.4, -0.2) is 36.7 Å². The maximum atomic E-state index is 12.6. The maximum absolute atomic E-state index is 12.6. The predicted octanol–water partition coefficient (Wildman–Crippen LogP) is 5.03. The Kier molecular flexibility index (Phi) is 6.69. The van der Waals surface area contributed by atoms with Crippen molar-refractivity contribution in [3.05, 3.63) is 84.4 Å². The van der Waals surface area contributed by atoms with E-state index in [1.54, 1.807) is 31.4 Å². The van der Waals surface area contributed by atoms with Crippen LogP contribution in [0.4, 0.5) is 5.69 Å². The number of nitrogens with one attached hydrogen (secondary N) is 2. The summed E-state index contributed by atoms with van der Waals surface area (Å²) in [6.45, 7) is -0.490. The number of carbonyl (C=O) groups is 2. The van der Waals surface area contributed by atoms with E-state index in [2.05, 4.69) is 65.2 Å². The Morgan fingerprint density at radius 2 is 1.58 bits per heavy atom. The summed E-state index contributed by atoms with van der Waals surface area (Å²) in [5.41, 5.74) is 1.73. The van der Waals surface area contributed by atoms with Crippen molar-refractivity contribution < 1.29 is 19.4 Å². The molecule has 0 aliphatic heterocycles. The van der Waals surface area contributed by atoms with Gasteiger partial charge in [-0.2, -0.15) is 0 Å². The molecule has 6 nitrogen and oxygen atoms in total. The molecule has 6 heteroatoms. The first kappa shape index (κ1) is 23.6. The first-order valence-electron chi connectivity index (χ1n) is 12.1. The Morgan fingerprint density at radius 1 is 0.889 bits per heavy atom. The fourth-order valence-corrected chi connectivity index (χ4v) is 4.84. The lowest BCUT2D eigenvalue weighted by Gasteiger charge is -2.17. The normalized spacial score (nSPS) is 12.2. The Bertz CT molecular complexity index is 1530. The molecule has 0 spiro atoms. The highest BCUT2D eigenvalue weighted by atomic mass is 16.5. The van der Waals surface area contributed by atoms with Gasteiger partial charge >= 0.3 is 0 Å². The average Bonchev–Trinajstić information content (AvgIpc) is 2.91. The topological polar surface area (TPSA) is 87.7 Å². The van der Waals surface area contributed by atoms with Gasteiger partial charge in [0.1, 0.15) is 11.8 Å². The van der Waals surface area contributed by atoms with Crippen molar-refractivity contribution in [1.29, 1.82) is 0 Å². The van der Waals surface area contributed by atoms with E-state index in [0.29, 0.717) is 17.9 Å². The predicted molar refractivity (Wildman–Crippen MR) is 144 cm³/mol. The molecule has 0 saturated carbocycles. The molecule has 0 heterocycles. The number of benzene rings is 5. The van der Waals surface area contributed by atoms with E-state index in [4.69, 9.17) is 4.74 Å². The highest BCUT2D eigenvalue weighted by Crippen LogP contribution is 2.36. The van der Waals surface area contributed by atoms with Crippen molar-refractivity contribution in [2.24, 2.45) is 0 Å². The molecule has 0 radical (unpaired) electrons. The van der Waals surface area contributed by atoms with Crippen LogP contribution in [0.15, 0.2) is 78.9 Å². The highest BCUT2D eigenvalue weighted by molar-refractivity contribution is 6.23. The number of hydrogen-bond donors (Lipinski definition) is 3. The van der Waals surface area contributed by atoms with Crippen LogP contribution < -0.4 is 15.4 Å². The van der Waals surface area contributed by atoms with Crippen LogP contribution in [0.25, 0.3) is 32.3 Å². The minimum atomic E-state index is -1.03. The molecule has 0 aliphatic carbocycles. The van der Waals surface area contributed by atoms with Crippen molar-refractivity contribution in [3.63, 3.8) is 0 Å². The van der Waals surface area contributed by atoms with Crippen molar-refractivity contribution in [2.45, 2.75) is 25.3 Å². The van der Waals surface area contributed by atoms with Gasteiger partial charge in [0, 0.05) is 18.2 Å². The largest absolute Gasteiger partial charge is 0.497 e. The highest BCUT2D eigenvalue weighted by Gasteiger charge is 2.20. The molecule has 0 aromatic heterocycles. The van der Waals surface area contributed by atoms with Crippen molar-refractivity contribution in [2.75, 3.05) is 19.0 Å². The molecule has 1 atom stereocenters. The first-order chi connectivity index (χ1) is 17.6. The monoisotopic (exact) mass is 480 g/mol. The average molecular weight is 481 g/mol. The van der Waals surface area contributed by atoms with Gasteiger partial charge in [-0.15, -0.1) is 0 Å². The third-order valence-electron chi connectivity index (χ3n) is 6.64. The van der Waals surface area contributed by atoms with Crippen molar-refractivity contribution >= 4 is 49.8 Å². The molecule has 182 valence electrons. The fraction of sp³-hybridized carbons (Fsp3) is 0.200. The van der Waals surface area contributed by atoms with Crippen molar-refractivity contribution in [3.8, 4) is 5.75 Å². The molecule has 3 N–H and O–H groups in total. The Labute approximate surface area is 209 Å². The van der Waals surface area contributed by atoms with Gasteiger partial charge in [-0.1, -0.05) is 60.7 Å². The summed E-state index contributed by atoms with van der Waals surface area (Å²) < 4.78 is 5.16. The van der Waals surface area contributed by atoms with Crippen LogP contribution in [0.1, 0.15) is 18.4 Å². The number of rotatable bonds is 9. The number of hydrogen-bond acceptors (Lipinski definition) is 4. The number of anilines is 1. The number of ether oxygens (including phenoxy) is 1. The number of aryl methyl sites for hydroxylation is 1. The number of aliphatic hydroxyl groups is 1. The van der Waals surface area contributed by atoms with Crippen LogP contribution in [0.5, 0.6) is 5.75 Å². The quantitative estimate of drug-likeness (QED) is 0.258. The van der Waals surface area contributed by atoms with E-state index in [-0.39, 0.29) is 12.3 Å². The molecule has 0 fully saturated rings. The number of aliphatic hydroxyl groups excluding tert-OH is 1. The van der Waals surface area contributed by atoms with Gasteiger partial charge in [0.05, 0.1) is 13.7 Å². The van der Waals surface area contributed by atoms with E-state index < -0.39 is 18.6 Å². The van der Waals surface area contributed by atoms with Gasteiger partial charge in [0.2, 0.25) is 11.8 Å². The molecule has 0 bridgehead atoms.